The van der Waals surface area contributed by atoms with Gasteiger partial charge in [-0.1, -0.05) is 38.5 Å². The van der Waals surface area contributed by atoms with Gasteiger partial charge in [-0.15, -0.1) is 0 Å². The third-order valence-electron chi connectivity index (χ3n) is 8.64. The van der Waals surface area contributed by atoms with Crippen LogP contribution in [0.1, 0.15) is 70.6 Å². The van der Waals surface area contributed by atoms with E-state index in [4.69, 9.17) is 10.5 Å². The molecule has 9 heteroatoms. The standard InChI is InChI=1S/C22H38F3N5O/c23-22(24,25)16-12-17(26)18-21-29-28-20(31-21)15-10-4-2-7-13(15)6-1-3-8-14-9-5-11-30(14)19(16)27-18/h13-21,27-29H,1-12,26H2/t13?,14-,15?,16?,17?,18?,19?,20?,21?/m1/s1. The average Bonchev–Trinajstić information content (AvgIpc) is 3.40. The van der Waals surface area contributed by atoms with E-state index in [1.807, 2.05) is 0 Å². The molecule has 4 bridgehead atoms. The third-order valence-corrected chi connectivity index (χ3v) is 8.64. The molecule has 4 heterocycles. The van der Waals surface area contributed by atoms with Crippen LogP contribution in [0.5, 0.6) is 0 Å². The molecule has 9 atom stereocenters. The Morgan fingerprint density at radius 3 is 2.32 bits per heavy atom. The molecule has 178 valence electrons. The molecule has 0 aromatic rings. The van der Waals surface area contributed by atoms with E-state index in [1.54, 1.807) is 0 Å². The number of alkyl halides is 3. The number of hydrazine groups is 1. The van der Waals surface area contributed by atoms with Gasteiger partial charge in [0.15, 0.2) is 0 Å². The summed E-state index contributed by atoms with van der Waals surface area (Å²) in [7, 11) is 0. The smallest absolute Gasteiger partial charge is 0.341 e. The number of halogens is 3. The van der Waals surface area contributed by atoms with Crippen LogP contribution in [-0.2, 0) is 4.74 Å². The Morgan fingerprint density at radius 1 is 0.871 bits per heavy atom. The van der Waals surface area contributed by atoms with Crippen molar-refractivity contribution in [2.45, 2.75) is 114 Å². The predicted molar refractivity (Wildman–Crippen MR) is 111 cm³/mol. The number of ether oxygens (including phenoxy) is 1. The number of nitrogens with two attached hydrogens (primary N) is 1. The highest BCUT2D eigenvalue weighted by atomic mass is 19.4. The van der Waals surface area contributed by atoms with Gasteiger partial charge in [-0.2, -0.15) is 13.2 Å². The molecule has 1 aliphatic carbocycles. The molecule has 1 saturated carbocycles. The van der Waals surface area contributed by atoms with E-state index < -0.39 is 30.5 Å². The summed E-state index contributed by atoms with van der Waals surface area (Å²) in [4.78, 5) is 2.10. The first-order chi connectivity index (χ1) is 14.9. The molecule has 4 saturated heterocycles. The first-order valence-corrected chi connectivity index (χ1v) is 12.4. The highest BCUT2D eigenvalue weighted by molar-refractivity contribution is 5.02. The number of rotatable bonds is 0. The second-order valence-corrected chi connectivity index (χ2v) is 10.5. The van der Waals surface area contributed by atoms with Gasteiger partial charge in [0.2, 0.25) is 0 Å². The van der Waals surface area contributed by atoms with Crippen molar-refractivity contribution < 1.29 is 17.9 Å². The van der Waals surface area contributed by atoms with Crippen LogP contribution in [0.15, 0.2) is 0 Å². The van der Waals surface area contributed by atoms with Crippen molar-refractivity contribution in [2.75, 3.05) is 6.54 Å². The Bertz CT molecular complexity index is 622. The van der Waals surface area contributed by atoms with Crippen LogP contribution >= 0.6 is 0 Å². The fourth-order valence-corrected chi connectivity index (χ4v) is 7.04. The number of nitrogens with zero attached hydrogens (tertiary/aromatic N) is 1. The van der Waals surface area contributed by atoms with Gasteiger partial charge < -0.3 is 10.5 Å². The molecule has 8 unspecified atom stereocenters. The Labute approximate surface area is 183 Å². The number of hydrogen-bond donors (Lipinski definition) is 4. The monoisotopic (exact) mass is 445 g/mol. The summed E-state index contributed by atoms with van der Waals surface area (Å²) in [5.41, 5.74) is 12.9. The Hall–Kier alpha value is -0.450. The largest absolute Gasteiger partial charge is 0.394 e. The molecule has 5 rings (SSSR count). The van der Waals surface area contributed by atoms with Gasteiger partial charge in [0.05, 0.1) is 18.1 Å². The minimum atomic E-state index is -4.26. The van der Waals surface area contributed by atoms with Gasteiger partial charge in [-0.05, 0) is 44.6 Å². The molecule has 6 nitrogen and oxygen atoms in total. The molecule has 0 spiro atoms. The van der Waals surface area contributed by atoms with Gasteiger partial charge in [0.25, 0.3) is 0 Å². The number of piperidine rings is 1. The lowest BCUT2D eigenvalue weighted by Gasteiger charge is -2.48. The van der Waals surface area contributed by atoms with Crippen molar-refractivity contribution in [3.8, 4) is 0 Å². The van der Waals surface area contributed by atoms with Gasteiger partial charge in [-0.3, -0.25) is 10.2 Å². The van der Waals surface area contributed by atoms with E-state index in [-0.39, 0.29) is 24.7 Å². The zero-order chi connectivity index (χ0) is 21.6. The van der Waals surface area contributed by atoms with Crippen molar-refractivity contribution in [2.24, 2.45) is 23.5 Å². The molecule has 31 heavy (non-hydrogen) atoms. The zero-order valence-electron chi connectivity index (χ0n) is 18.2. The number of fused-ring (bicyclic) bond motifs is 9. The fraction of sp³-hybridized carbons (Fsp3) is 1.00. The van der Waals surface area contributed by atoms with Gasteiger partial charge in [0, 0.05) is 18.0 Å². The minimum Gasteiger partial charge on any atom is -0.341 e. The molecular weight excluding hydrogens is 407 g/mol. The Balaban J connectivity index is 1.42. The maximum absolute atomic E-state index is 14.0. The van der Waals surface area contributed by atoms with Gasteiger partial charge in [0.1, 0.15) is 12.5 Å². The second-order valence-electron chi connectivity index (χ2n) is 10.5. The van der Waals surface area contributed by atoms with Crippen LogP contribution in [-0.4, -0.2) is 54.4 Å². The summed E-state index contributed by atoms with van der Waals surface area (Å²) in [6, 6.07) is -0.741. The van der Waals surface area contributed by atoms with Crippen molar-refractivity contribution >= 4 is 0 Å². The lowest BCUT2D eigenvalue weighted by Crippen LogP contribution is -2.70. The van der Waals surface area contributed by atoms with Crippen molar-refractivity contribution in [1.29, 1.82) is 0 Å². The van der Waals surface area contributed by atoms with Crippen LogP contribution in [0.3, 0.4) is 0 Å². The van der Waals surface area contributed by atoms with E-state index in [9.17, 15) is 13.2 Å². The van der Waals surface area contributed by atoms with Crippen LogP contribution in [0.25, 0.3) is 0 Å². The maximum atomic E-state index is 14.0. The van der Waals surface area contributed by atoms with E-state index in [0.29, 0.717) is 11.8 Å². The predicted octanol–water partition coefficient (Wildman–Crippen LogP) is 2.80. The minimum absolute atomic E-state index is 0.0622. The van der Waals surface area contributed by atoms with E-state index in [1.165, 1.54) is 25.7 Å². The SMILES string of the molecule is NC1CC(C(F)(F)F)C2NC1C1NNC(O1)C1CCCCC1CCCC[C@@H]1CCCN21. The fourth-order valence-electron chi connectivity index (χ4n) is 7.04. The molecule has 0 aromatic heterocycles. The molecule has 0 amide bonds. The zero-order valence-corrected chi connectivity index (χ0v) is 18.2. The van der Waals surface area contributed by atoms with Crippen molar-refractivity contribution in [3.63, 3.8) is 0 Å². The molecule has 5 N–H and O–H groups in total. The van der Waals surface area contributed by atoms with E-state index in [2.05, 4.69) is 21.1 Å². The summed E-state index contributed by atoms with van der Waals surface area (Å²) in [5.74, 6) is -0.333. The highest BCUT2D eigenvalue weighted by Crippen LogP contribution is 2.42. The van der Waals surface area contributed by atoms with Crippen LogP contribution < -0.4 is 21.9 Å². The van der Waals surface area contributed by atoms with Crippen molar-refractivity contribution in [3.05, 3.63) is 0 Å². The quantitative estimate of drug-likeness (QED) is 0.460. The normalized spacial score (nSPS) is 47.4. The third kappa shape index (κ3) is 4.51. The van der Waals surface area contributed by atoms with E-state index >= 15 is 0 Å². The van der Waals surface area contributed by atoms with Crippen molar-refractivity contribution in [1.82, 2.24) is 21.1 Å². The Kier molecular flexibility index (Phi) is 6.53. The lowest BCUT2D eigenvalue weighted by atomic mass is 9.75. The van der Waals surface area contributed by atoms with Gasteiger partial charge in [-0.25, -0.2) is 10.9 Å². The highest BCUT2D eigenvalue weighted by Gasteiger charge is 2.55. The summed E-state index contributed by atoms with van der Waals surface area (Å²) in [6.07, 6.45) is 5.75. The second kappa shape index (κ2) is 9.06. The molecule has 5 aliphatic rings. The molecule has 0 radical (unpaired) electrons. The van der Waals surface area contributed by atoms with E-state index in [0.717, 1.165) is 45.1 Å². The topological polar surface area (TPSA) is 74.6 Å². The van der Waals surface area contributed by atoms with Crippen LogP contribution in [0, 0.1) is 17.8 Å². The van der Waals surface area contributed by atoms with Gasteiger partial charge >= 0.3 is 6.18 Å². The van der Waals surface area contributed by atoms with Crippen LogP contribution in [0.2, 0.25) is 0 Å². The molecular formula is C22H38F3N5O. The maximum Gasteiger partial charge on any atom is 0.394 e. The first kappa shape index (κ1) is 22.3. The molecule has 0 aromatic carbocycles. The van der Waals surface area contributed by atoms with Crippen LogP contribution in [0.4, 0.5) is 13.2 Å². The average molecular weight is 446 g/mol. The Morgan fingerprint density at radius 2 is 1.55 bits per heavy atom. The lowest BCUT2D eigenvalue weighted by molar-refractivity contribution is -0.211. The summed E-state index contributed by atoms with van der Waals surface area (Å²) >= 11 is 0. The summed E-state index contributed by atoms with van der Waals surface area (Å²) in [5, 5.41) is 3.34. The summed E-state index contributed by atoms with van der Waals surface area (Å²) in [6.45, 7) is 0.724. The summed E-state index contributed by atoms with van der Waals surface area (Å²) < 4.78 is 48.5. The number of nitrogens with one attached hydrogen (secondary N) is 3. The number of hydrogen-bond acceptors (Lipinski definition) is 6. The molecule has 5 fully saturated rings. The molecule has 4 aliphatic heterocycles. The first-order valence-electron chi connectivity index (χ1n) is 12.4.